The molecule has 0 aromatic heterocycles. The average molecular weight is 449 g/mol. The highest BCUT2D eigenvalue weighted by Gasteiger charge is 2.35. The summed E-state index contributed by atoms with van der Waals surface area (Å²) in [6, 6.07) is 16.2. The van der Waals surface area contributed by atoms with E-state index in [-0.39, 0.29) is 23.8 Å². The zero-order chi connectivity index (χ0) is 23.2. The summed E-state index contributed by atoms with van der Waals surface area (Å²) >= 11 is 0. The lowest BCUT2D eigenvalue weighted by molar-refractivity contribution is -0.141. The lowest BCUT2D eigenvalue weighted by Crippen LogP contribution is -2.42. The molecule has 0 bridgehead atoms. The monoisotopic (exact) mass is 448 g/mol. The highest BCUT2D eigenvalue weighted by atomic mass is 16.5. The summed E-state index contributed by atoms with van der Waals surface area (Å²) in [5, 5.41) is 0. The molecule has 2 fully saturated rings. The second-order valence-corrected chi connectivity index (χ2v) is 8.69. The number of methoxy groups -OCH3 is 1. The normalized spacial score (nSPS) is 21.1. The van der Waals surface area contributed by atoms with Gasteiger partial charge in [0.25, 0.3) is 5.91 Å². The standard InChI is InChI=1S/C27H32N2O4/c1-3-12-28-13-14-29(27(31)25-11-6-15-33-25)19-23(26(28)30)17-20-7-4-8-21(16-20)22-9-5-10-24(18-22)32-2/h3-5,7-10,16,18,23,25H,1,6,11-15,17,19H2,2H3/t23-,25+/m0/s1. The topological polar surface area (TPSA) is 59.1 Å². The Morgan fingerprint density at radius 2 is 1.97 bits per heavy atom. The molecule has 0 unspecified atom stereocenters. The fourth-order valence-corrected chi connectivity index (χ4v) is 4.68. The van der Waals surface area contributed by atoms with Gasteiger partial charge in [-0.2, -0.15) is 0 Å². The molecule has 6 nitrogen and oxygen atoms in total. The van der Waals surface area contributed by atoms with Gasteiger partial charge in [-0.25, -0.2) is 0 Å². The maximum absolute atomic E-state index is 13.4. The highest BCUT2D eigenvalue weighted by Crippen LogP contribution is 2.26. The van der Waals surface area contributed by atoms with Crippen LogP contribution in [0.2, 0.25) is 0 Å². The number of carbonyl (C=O) groups excluding carboxylic acids is 2. The predicted molar refractivity (Wildman–Crippen MR) is 128 cm³/mol. The third-order valence-electron chi connectivity index (χ3n) is 6.42. The molecule has 2 aromatic rings. The quantitative estimate of drug-likeness (QED) is 0.608. The minimum absolute atomic E-state index is 0.0101. The number of rotatable bonds is 7. The van der Waals surface area contributed by atoms with Crippen molar-refractivity contribution in [3.63, 3.8) is 0 Å². The van der Waals surface area contributed by atoms with Gasteiger partial charge in [-0.3, -0.25) is 9.59 Å². The molecule has 0 spiro atoms. The molecule has 33 heavy (non-hydrogen) atoms. The Balaban J connectivity index is 1.56. The fraction of sp³-hybridized carbons (Fsp3) is 0.407. The number of nitrogens with zero attached hydrogens (tertiary/aromatic N) is 2. The van der Waals surface area contributed by atoms with Crippen LogP contribution in [0.25, 0.3) is 11.1 Å². The second kappa shape index (κ2) is 10.7. The summed E-state index contributed by atoms with van der Waals surface area (Å²) in [4.78, 5) is 30.1. The van der Waals surface area contributed by atoms with Crippen molar-refractivity contribution >= 4 is 11.8 Å². The van der Waals surface area contributed by atoms with Crippen molar-refractivity contribution in [2.75, 3.05) is 39.9 Å². The van der Waals surface area contributed by atoms with Crippen molar-refractivity contribution in [3.8, 4) is 16.9 Å². The van der Waals surface area contributed by atoms with Gasteiger partial charge in [-0.05, 0) is 48.1 Å². The van der Waals surface area contributed by atoms with E-state index in [9.17, 15) is 9.59 Å². The van der Waals surface area contributed by atoms with Crippen LogP contribution in [-0.2, 0) is 20.7 Å². The van der Waals surface area contributed by atoms with Gasteiger partial charge in [0.15, 0.2) is 0 Å². The predicted octanol–water partition coefficient (Wildman–Crippen LogP) is 3.56. The third-order valence-corrected chi connectivity index (χ3v) is 6.42. The summed E-state index contributed by atoms with van der Waals surface area (Å²) in [7, 11) is 1.66. The highest BCUT2D eigenvalue weighted by molar-refractivity contribution is 5.84. The van der Waals surface area contributed by atoms with E-state index in [0.29, 0.717) is 39.2 Å². The molecule has 2 amide bonds. The number of ether oxygens (including phenoxy) is 2. The summed E-state index contributed by atoms with van der Waals surface area (Å²) in [6.45, 7) is 6.37. The van der Waals surface area contributed by atoms with Gasteiger partial charge in [0.2, 0.25) is 5.91 Å². The number of benzene rings is 2. The van der Waals surface area contributed by atoms with E-state index in [0.717, 1.165) is 35.3 Å². The first kappa shape index (κ1) is 23.1. The number of carbonyl (C=O) groups is 2. The Labute approximate surface area is 195 Å². The molecule has 0 radical (unpaired) electrons. The van der Waals surface area contributed by atoms with Crippen LogP contribution < -0.4 is 4.74 Å². The number of amides is 2. The van der Waals surface area contributed by atoms with E-state index in [2.05, 4.69) is 18.7 Å². The van der Waals surface area contributed by atoms with Crippen molar-refractivity contribution in [2.24, 2.45) is 5.92 Å². The Hall–Kier alpha value is -3.12. The van der Waals surface area contributed by atoms with Gasteiger partial charge in [-0.1, -0.05) is 42.5 Å². The first-order valence-corrected chi connectivity index (χ1v) is 11.6. The smallest absolute Gasteiger partial charge is 0.251 e. The van der Waals surface area contributed by atoms with E-state index in [1.165, 1.54) is 0 Å². The molecule has 0 saturated carbocycles. The van der Waals surface area contributed by atoms with Crippen molar-refractivity contribution in [1.82, 2.24) is 9.80 Å². The second-order valence-electron chi connectivity index (χ2n) is 8.69. The van der Waals surface area contributed by atoms with Crippen molar-refractivity contribution in [1.29, 1.82) is 0 Å². The summed E-state index contributed by atoms with van der Waals surface area (Å²) in [6.07, 6.45) is 3.61. The first-order valence-electron chi connectivity index (χ1n) is 11.6. The lowest BCUT2D eigenvalue weighted by Gasteiger charge is -2.25. The first-order chi connectivity index (χ1) is 16.1. The Bertz CT molecular complexity index is 999. The number of hydrogen-bond acceptors (Lipinski definition) is 4. The summed E-state index contributed by atoms with van der Waals surface area (Å²) < 4.78 is 11.0. The van der Waals surface area contributed by atoms with Crippen molar-refractivity contribution in [3.05, 3.63) is 66.7 Å². The van der Waals surface area contributed by atoms with Gasteiger partial charge in [0.05, 0.1) is 13.0 Å². The van der Waals surface area contributed by atoms with E-state index in [1.807, 2.05) is 46.2 Å². The van der Waals surface area contributed by atoms with Crippen LogP contribution in [0, 0.1) is 5.92 Å². The molecule has 2 aliphatic heterocycles. The molecule has 2 aromatic carbocycles. The molecular formula is C27H32N2O4. The minimum atomic E-state index is -0.372. The third kappa shape index (κ3) is 5.45. The van der Waals surface area contributed by atoms with E-state index < -0.39 is 0 Å². The maximum Gasteiger partial charge on any atom is 0.251 e. The van der Waals surface area contributed by atoms with E-state index in [1.54, 1.807) is 13.2 Å². The molecule has 2 aliphatic rings. The van der Waals surface area contributed by atoms with Crippen LogP contribution in [-0.4, -0.2) is 67.6 Å². The molecule has 4 rings (SSSR count). The lowest BCUT2D eigenvalue weighted by atomic mass is 9.94. The zero-order valence-electron chi connectivity index (χ0n) is 19.2. The summed E-state index contributed by atoms with van der Waals surface area (Å²) in [5.41, 5.74) is 3.20. The number of hydrogen-bond donors (Lipinski definition) is 0. The zero-order valence-corrected chi connectivity index (χ0v) is 19.2. The Morgan fingerprint density at radius 3 is 2.70 bits per heavy atom. The molecule has 174 valence electrons. The van der Waals surface area contributed by atoms with Gasteiger partial charge in [0, 0.05) is 32.8 Å². The van der Waals surface area contributed by atoms with Crippen LogP contribution in [0.5, 0.6) is 5.75 Å². The van der Waals surface area contributed by atoms with Crippen LogP contribution in [0.4, 0.5) is 0 Å². The van der Waals surface area contributed by atoms with E-state index in [4.69, 9.17) is 9.47 Å². The average Bonchev–Trinajstić information content (AvgIpc) is 3.34. The summed E-state index contributed by atoms with van der Waals surface area (Å²) in [5.74, 6) is 0.582. The molecule has 2 atom stereocenters. The Kier molecular flexibility index (Phi) is 7.45. The van der Waals surface area contributed by atoms with Crippen LogP contribution in [0.3, 0.4) is 0 Å². The fourth-order valence-electron chi connectivity index (χ4n) is 4.68. The minimum Gasteiger partial charge on any atom is -0.497 e. The van der Waals surface area contributed by atoms with Gasteiger partial charge < -0.3 is 19.3 Å². The van der Waals surface area contributed by atoms with Crippen molar-refractivity contribution in [2.45, 2.75) is 25.4 Å². The molecule has 0 N–H and O–H groups in total. The van der Waals surface area contributed by atoms with Gasteiger partial charge in [-0.15, -0.1) is 6.58 Å². The molecular weight excluding hydrogens is 416 g/mol. The SMILES string of the molecule is C=CCN1CCN(C(=O)[C@H]2CCCO2)C[C@H](Cc2cccc(-c3cccc(OC)c3)c2)C1=O. The van der Waals surface area contributed by atoms with Crippen LogP contribution in [0.15, 0.2) is 61.2 Å². The van der Waals surface area contributed by atoms with Crippen molar-refractivity contribution < 1.29 is 19.1 Å². The van der Waals surface area contributed by atoms with Gasteiger partial charge in [0.1, 0.15) is 11.9 Å². The van der Waals surface area contributed by atoms with Crippen LogP contribution in [0.1, 0.15) is 18.4 Å². The van der Waals surface area contributed by atoms with E-state index >= 15 is 0 Å². The molecule has 0 aliphatic carbocycles. The molecule has 2 saturated heterocycles. The Morgan fingerprint density at radius 1 is 1.18 bits per heavy atom. The van der Waals surface area contributed by atoms with Crippen LogP contribution >= 0.6 is 0 Å². The van der Waals surface area contributed by atoms with Gasteiger partial charge >= 0.3 is 0 Å². The molecule has 6 heteroatoms. The largest absolute Gasteiger partial charge is 0.497 e. The molecule has 2 heterocycles. The maximum atomic E-state index is 13.4.